The molecule has 6 heteroatoms. The summed E-state index contributed by atoms with van der Waals surface area (Å²) in [5.41, 5.74) is 12.1. The van der Waals surface area contributed by atoms with Crippen molar-refractivity contribution in [1.82, 2.24) is 19.7 Å². The predicted molar refractivity (Wildman–Crippen MR) is 57.5 cm³/mol. The van der Waals surface area contributed by atoms with Gasteiger partial charge in [-0.05, 0) is 13.8 Å². The van der Waals surface area contributed by atoms with Gasteiger partial charge in [0.1, 0.15) is 17.5 Å². The van der Waals surface area contributed by atoms with Crippen LogP contribution in [0, 0.1) is 13.8 Å². The van der Waals surface area contributed by atoms with Crippen LogP contribution in [0.4, 0.5) is 11.6 Å². The van der Waals surface area contributed by atoms with E-state index in [9.17, 15) is 0 Å². The molecule has 6 nitrogen and oxygen atoms in total. The first-order valence-electron chi connectivity index (χ1n) is 4.50. The van der Waals surface area contributed by atoms with Crippen LogP contribution in [0.3, 0.4) is 0 Å². The van der Waals surface area contributed by atoms with Crippen LogP contribution in [-0.2, 0) is 0 Å². The lowest BCUT2D eigenvalue weighted by Crippen LogP contribution is -2.06. The van der Waals surface area contributed by atoms with Crippen molar-refractivity contribution in [3.05, 3.63) is 23.7 Å². The minimum absolute atomic E-state index is 0.376. The highest BCUT2D eigenvalue weighted by Gasteiger charge is 2.07. The molecule has 0 saturated heterocycles. The summed E-state index contributed by atoms with van der Waals surface area (Å²) >= 11 is 0. The lowest BCUT2D eigenvalue weighted by Gasteiger charge is -2.04. The molecule has 0 aliphatic heterocycles. The Morgan fingerprint density at radius 2 is 1.87 bits per heavy atom. The van der Waals surface area contributed by atoms with Crippen LogP contribution in [0.5, 0.6) is 0 Å². The minimum atomic E-state index is 0.376. The van der Waals surface area contributed by atoms with Crippen molar-refractivity contribution in [3.8, 4) is 5.82 Å². The summed E-state index contributed by atoms with van der Waals surface area (Å²) in [4.78, 5) is 8.40. The Hall–Kier alpha value is -2.11. The van der Waals surface area contributed by atoms with E-state index < -0.39 is 0 Å². The van der Waals surface area contributed by atoms with E-state index in [4.69, 9.17) is 11.5 Å². The van der Waals surface area contributed by atoms with E-state index in [0.717, 1.165) is 5.69 Å². The number of aromatic nitrogens is 4. The fraction of sp³-hybridized carbons (Fsp3) is 0.222. The van der Waals surface area contributed by atoms with Gasteiger partial charge in [0, 0.05) is 17.8 Å². The highest BCUT2D eigenvalue weighted by molar-refractivity contribution is 5.46. The van der Waals surface area contributed by atoms with Gasteiger partial charge in [-0.1, -0.05) is 0 Å². The molecule has 0 bridgehead atoms. The summed E-state index contributed by atoms with van der Waals surface area (Å²) in [5.74, 6) is 2.15. The van der Waals surface area contributed by atoms with E-state index in [1.54, 1.807) is 12.1 Å². The topological polar surface area (TPSA) is 95.6 Å². The molecule has 0 amide bonds. The number of rotatable bonds is 1. The zero-order chi connectivity index (χ0) is 11.0. The van der Waals surface area contributed by atoms with Crippen molar-refractivity contribution in [2.24, 2.45) is 0 Å². The molecule has 0 aliphatic rings. The first-order chi connectivity index (χ1) is 7.06. The number of nitrogens with zero attached hydrogens (tertiary/aromatic N) is 4. The van der Waals surface area contributed by atoms with Gasteiger partial charge in [0.2, 0.25) is 0 Å². The molecular weight excluding hydrogens is 192 g/mol. The molecule has 2 aromatic heterocycles. The van der Waals surface area contributed by atoms with Gasteiger partial charge in [-0.15, -0.1) is 5.10 Å². The minimum Gasteiger partial charge on any atom is -0.383 e. The second-order valence-electron chi connectivity index (χ2n) is 3.32. The predicted octanol–water partition coefficient (Wildman–Crippen LogP) is 0.444. The third-order valence-electron chi connectivity index (χ3n) is 1.93. The average molecular weight is 204 g/mol. The maximum Gasteiger partial charge on any atom is 0.159 e. The third-order valence-corrected chi connectivity index (χ3v) is 1.93. The van der Waals surface area contributed by atoms with E-state index in [0.29, 0.717) is 23.3 Å². The second kappa shape index (κ2) is 3.23. The highest BCUT2D eigenvalue weighted by Crippen LogP contribution is 2.14. The Kier molecular flexibility index (Phi) is 2.03. The second-order valence-corrected chi connectivity index (χ2v) is 3.32. The molecule has 0 atom stereocenters. The van der Waals surface area contributed by atoms with Gasteiger partial charge < -0.3 is 11.5 Å². The van der Waals surface area contributed by atoms with Crippen molar-refractivity contribution in [3.63, 3.8) is 0 Å². The molecule has 0 radical (unpaired) electrons. The molecule has 2 aromatic rings. The first kappa shape index (κ1) is 9.45. The SMILES string of the molecule is Cc1cc(-n2nc(N)cc2N)nc(C)n1. The molecular formula is C9H12N6. The molecule has 2 rings (SSSR count). The van der Waals surface area contributed by atoms with Gasteiger partial charge in [0.05, 0.1) is 0 Å². The van der Waals surface area contributed by atoms with Crippen molar-refractivity contribution < 1.29 is 0 Å². The van der Waals surface area contributed by atoms with Crippen LogP contribution >= 0.6 is 0 Å². The van der Waals surface area contributed by atoms with Crippen LogP contribution in [0.25, 0.3) is 5.82 Å². The monoisotopic (exact) mass is 204 g/mol. The van der Waals surface area contributed by atoms with E-state index in [-0.39, 0.29) is 0 Å². The van der Waals surface area contributed by atoms with Gasteiger partial charge in [-0.25, -0.2) is 9.97 Å². The molecule has 2 heterocycles. The normalized spacial score (nSPS) is 10.5. The molecule has 0 saturated carbocycles. The molecule has 0 fully saturated rings. The number of hydrogen-bond donors (Lipinski definition) is 2. The molecule has 15 heavy (non-hydrogen) atoms. The Morgan fingerprint density at radius 1 is 1.13 bits per heavy atom. The van der Waals surface area contributed by atoms with Crippen LogP contribution in [0.1, 0.15) is 11.5 Å². The highest BCUT2D eigenvalue weighted by atomic mass is 15.4. The van der Waals surface area contributed by atoms with E-state index >= 15 is 0 Å². The zero-order valence-electron chi connectivity index (χ0n) is 8.60. The summed E-state index contributed by atoms with van der Waals surface area (Å²) in [7, 11) is 0. The number of anilines is 2. The van der Waals surface area contributed by atoms with Crippen molar-refractivity contribution in [2.75, 3.05) is 11.5 Å². The quantitative estimate of drug-likeness (QED) is 0.702. The maximum atomic E-state index is 5.73. The van der Waals surface area contributed by atoms with E-state index in [1.165, 1.54) is 4.68 Å². The van der Waals surface area contributed by atoms with Gasteiger partial charge in [-0.3, -0.25) is 0 Å². The lowest BCUT2D eigenvalue weighted by molar-refractivity contribution is 0.834. The van der Waals surface area contributed by atoms with Gasteiger partial charge in [-0.2, -0.15) is 4.68 Å². The molecule has 0 aliphatic carbocycles. The molecule has 0 aromatic carbocycles. The number of nitrogens with two attached hydrogens (primary N) is 2. The van der Waals surface area contributed by atoms with Gasteiger partial charge in [0.15, 0.2) is 5.82 Å². The molecule has 78 valence electrons. The smallest absolute Gasteiger partial charge is 0.159 e. The lowest BCUT2D eigenvalue weighted by atomic mass is 10.4. The summed E-state index contributed by atoms with van der Waals surface area (Å²) in [6.07, 6.45) is 0. The van der Waals surface area contributed by atoms with Crippen LogP contribution in [-0.4, -0.2) is 19.7 Å². The van der Waals surface area contributed by atoms with Crippen LogP contribution < -0.4 is 11.5 Å². The largest absolute Gasteiger partial charge is 0.383 e. The Morgan fingerprint density at radius 3 is 2.40 bits per heavy atom. The average Bonchev–Trinajstić information content (AvgIpc) is 2.43. The van der Waals surface area contributed by atoms with Crippen LogP contribution in [0.2, 0.25) is 0 Å². The van der Waals surface area contributed by atoms with Gasteiger partial charge >= 0.3 is 0 Å². The summed E-state index contributed by atoms with van der Waals surface area (Å²) in [6.45, 7) is 3.71. The van der Waals surface area contributed by atoms with Crippen LogP contribution in [0.15, 0.2) is 12.1 Å². The number of nitrogen functional groups attached to an aromatic ring is 2. The van der Waals surface area contributed by atoms with Gasteiger partial charge in [0.25, 0.3) is 0 Å². The fourth-order valence-corrected chi connectivity index (χ4v) is 1.40. The Labute approximate surface area is 86.9 Å². The summed E-state index contributed by atoms with van der Waals surface area (Å²) in [6, 6.07) is 3.39. The molecule has 0 spiro atoms. The Bertz CT molecular complexity index is 481. The van der Waals surface area contributed by atoms with E-state index in [1.807, 2.05) is 13.8 Å². The van der Waals surface area contributed by atoms with Crippen molar-refractivity contribution in [1.29, 1.82) is 0 Å². The standard InChI is InChI=1S/C9H12N6/c1-5-3-9(13-6(2)12-5)15-8(11)4-7(10)14-15/h3-4H,11H2,1-2H3,(H2,10,14). The fourth-order valence-electron chi connectivity index (χ4n) is 1.40. The third kappa shape index (κ3) is 1.74. The maximum absolute atomic E-state index is 5.73. The van der Waals surface area contributed by atoms with Crippen molar-refractivity contribution >= 4 is 11.6 Å². The van der Waals surface area contributed by atoms with E-state index in [2.05, 4.69) is 15.1 Å². The molecule has 0 unspecified atom stereocenters. The number of aryl methyl sites for hydroxylation is 2. The zero-order valence-corrected chi connectivity index (χ0v) is 8.60. The Balaban J connectivity index is 2.58. The summed E-state index contributed by atoms with van der Waals surface area (Å²) < 4.78 is 1.50. The molecule has 4 N–H and O–H groups in total. The summed E-state index contributed by atoms with van der Waals surface area (Å²) in [5, 5.41) is 4.04. The van der Waals surface area contributed by atoms with Crippen molar-refractivity contribution in [2.45, 2.75) is 13.8 Å². The first-order valence-corrected chi connectivity index (χ1v) is 4.50. The number of hydrogen-bond acceptors (Lipinski definition) is 5.